The molecule has 150 valence electrons. The molecule has 0 aliphatic carbocycles. The zero-order chi connectivity index (χ0) is 19.2. The van der Waals surface area contributed by atoms with Gasteiger partial charge in [0, 0.05) is 19.2 Å². The topological polar surface area (TPSA) is 89.2 Å². The van der Waals surface area contributed by atoms with Crippen molar-refractivity contribution in [1.29, 1.82) is 0 Å². The summed E-state index contributed by atoms with van der Waals surface area (Å²) in [5, 5.41) is 2.96. The minimum Gasteiger partial charge on any atom is -0.497 e. The number of anilines is 1. The maximum atomic E-state index is 12.5. The summed E-state index contributed by atoms with van der Waals surface area (Å²) in [6.45, 7) is 1.30. The number of carbonyl (C=O) groups is 1. The number of carbonyl (C=O) groups excluding carboxylic acids is 1. The van der Waals surface area contributed by atoms with Crippen LogP contribution in [0.4, 0.5) is 5.69 Å². The van der Waals surface area contributed by atoms with Gasteiger partial charge in [0.05, 0.1) is 19.9 Å². The van der Waals surface area contributed by atoms with E-state index in [1.54, 1.807) is 32.4 Å². The molecule has 0 saturated carbocycles. The Bertz CT molecular complexity index is 857. The zero-order valence-corrected chi connectivity index (χ0v) is 18.3. The molecule has 1 amide bonds. The minimum atomic E-state index is -0.0492. The summed E-state index contributed by atoms with van der Waals surface area (Å²) in [7, 11) is 3.15. The summed E-state index contributed by atoms with van der Waals surface area (Å²) in [6, 6.07) is 13.5. The lowest BCUT2D eigenvalue weighted by molar-refractivity contribution is -0.130. The van der Waals surface area contributed by atoms with Crippen molar-refractivity contribution in [3.05, 3.63) is 53.6 Å². The van der Waals surface area contributed by atoms with Crippen molar-refractivity contribution in [3.8, 4) is 11.5 Å². The molecule has 1 heterocycles. The molecule has 7 nitrogen and oxygen atoms in total. The van der Waals surface area contributed by atoms with Gasteiger partial charge in [0.2, 0.25) is 5.91 Å². The highest BCUT2D eigenvalue weighted by Gasteiger charge is 2.20. The number of halogens is 1. The van der Waals surface area contributed by atoms with Crippen LogP contribution in [0.15, 0.2) is 47.5 Å². The van der Waals surface area contributed by atoms with E-state index in [1.807, 2.05) is 17.0 Å². The van der Waals surface area contributed by atoms with Crippen LogP contribution in [0.2, 0.25) is 0 Å². The fourth-order valence-corrected chi connectivity index (χ4v) is 3.05. The summed E-state index contributed by atoms with van der Waals surface area (Å²) in [5.74, 6) is 1.36. The maximum Gasteiger partial charge on any atom is 0.244 e. The molecule has 1 aliphatic heterocycles. The Morgan fingerprint density at radius 1 is 1.18 bits per heavy atom. The van der Waals surface area contributed by atoms with Crippen molar-refractivity contribution in [2.45, 2.75) is 13.0 Å². The number of nitrogens with two attached hydrogens (primary N) is 1. The first-order valence-electron chi connectivity index (χ1n) is 8.74. The second kappa shape index (κ2) is 10.2. The van der Waals surface area contributed by atoms with E-state index in [4.69, 9.17) is 15.2 Å². The average Bonchev–Trinajstić information content (AvgIpc) is 2.71. The van der Waals surface area contributed by atoms with Crippen molar-refractivity contribution in [3.63, 3.8) is 0 Å². The van der Waals surface area contributed by atoms with Gasteiger partial charge in [0.1, 0.15) is 18.0 Å². The van der Waals surface area contributed by atoms with Crippen LogP contribution in [-0.2, 0) is 17.8 Å². The van der Waals surface area contributed by atoms with Gasteiger partial charge in [-0.05, 0) is 29.7 Å². The number of hydrogen-bond acceptors (Lipinski definition) is 4. The summed E-state index contributed by atoms with van der Waals surface area (Å²) >= 11 is 0. The first-order chi connectivity index (χ1) is 13.1. The van der Waals surface area contributed by atoms with Gasteiger partial charge in [-0.25, -0.2) is 4.99 Å². The molecule has 3 rings (SSSR count). The number of hydrogen-bond donors (Lipinski definition) is 2. The molecule has 3 N–H and O–H groups in total. The van der Waals surface area contributed by atoms with Crippen LogP contribution in [0.5, 0.6) is 11.5 Å². The Labute approximate surface area is 181 Å². The molecule has 0 unspecified atom stereocenters. The molecule has 2 aromatic rings. The largest absolute Gasteiger partial charge is 0.497 e. The van der Waals surface area contributed by atoms with Gasteiger partial charge in [0.25, 0.3) is 0 Å². The smallest absolute Gasteiger partial charge is 0.244 e. The Morgan fingerprint density at radius 3 is 2.64 bits per heavy atom. The van der Waals surface area contributed by atoms with E-state index in [9.17, 15) is 4.79 Å². The molecular formula is C20H25IN4O3. The molecule has 28 heavy (non-hydrogen) atoms. The third-order valence-electron chi connectivity index (χ3n) is 4.54. The van der Waals surface area contributed by atoms with E-state index in [1.165, 1.54) is 11.1 Å². The number of fused-ring (bicyclic) bond motifs is 1. The van der Waals surface area contributed by atoms with Gasteiger partial charge < -0.3 is 25.4 Å². The van der Waals surface area contributed by atoms with E-state index in [2.05, 4.69) is 22.4 Å². The van der Waals surface area contributed by atoms with E-state index >= 15 is 0 Å². The Kier molecular flexibility index (Phi) is 7.91. The van der Waals surface area contributed by atoms with Gasteiger partial charge in [0.15, 0.2) is 5.96 Å². The van der Waals surface area contributed by atoms with Gasteiger partial charge in [-0.15, -0.1) is 24.0 Å². The van der Waals surface area contributed by atoms with Crippen molar-refractivity contribution in [2.75, 3.05) is 32.6 Å². The monoisotopic (exact) mass is 496 g/mol. The molecule has 0 fully saturated rings. The third-order valence-corrected chi connectivity index (χ3v) is 4.54. The molecule has 0 spiro atoms. The van der Waals surface area contributed by atoms with Crippen LogP contribution in [0.25, 0.3) is 0 Å². The Hall–Kier alpha value is -2.49. The number of aliphatic imine (C=N–C) groups is 1. The van der Waals surface area contributed by atoms with Gasteiger partial charge >= 0.3 is 0 Å². The van der Waals surface area contributed by atoms with Crippen molar-refractivity contribution < 1.29 is 14.3 Å². The van der Waals surface area contributed by atoms with Crippen LogP contribution >= 0.6 is 24.0 Å². The van der Waals surface area contributed by atoms with Gasteiger partial charge in [-0.1, -0.05) is 24.3 Å². The lowest BCUT2D eigenvalue weighted by Gasteiger charge is -2.28. The normalized spacial score (nSPS) is 13.2. The second-order valence-electron chi connectivity index (χ2n) is 6.23. The van der Waals surface area contributed by atoms with Crippen LogP contribution in [0, 0.1) is 0 Å². The predicted octanol–water partition coefficient (Wildman–Crippen LogP) is 2.63. The van der Waals surface area contributed by atoms with E-state index in [0.717, 1.165) is 6.42 Å². The molecule has 0 aromatic heterocycles. The number of nitrogens with one attached hydrogen (secondary N) is 1. The number of methoxy groups -OCH3 is 2. The van der Waals surface area contributed by atoms with Crippen LogP contribution in [0.3, 0.4) is 0 Å². The fraction of sp³-hybridized carbons (Fsp3) is 0.300. The molecule has 0 bridgehead atoms. The number of benzene rings is 2. The van der Waals surface area contributed by atoms with Gasteiger partial charge in [-0.2, -0.15) is 0 Å². The summed E-state index contributed by atoms with van der Waals surface area (Å²) in [5.41, 5.74) is 9.06. The highest BCUT2D eigenvalue weighted by atomic mass is 127. The molecule has 0 atom stereocenters. The number of ether oxygens (including phenoxy) is 2. The first kappa shape index (κ1) is 21.8. The fourth-order valence-electron chi connectivity index (χ4n) is 3.05. The van der Waals surface area contributed by atoms with E-state index in [0.29, 0.717) is 30.3 Å². The van der Waals surface area contributed by atoms with Crippen LogP contribution < -0.4 is 20.5 Å². The number of nitrogens with zero attached hydrogens (tertiary/aromatic N) is 2. The zero-order valence-electron chi connectivity index (χ0n) is 16.0. The van der Waals surface area contributed by atoms with Crippen LogP contribution in [0.1, 0.15) is 11.1 Å². The molecule has 0 radical (unpaired) electrons. The highest BCUT2D eigenvalue weighted by Crippen LogP contribution is 2.28. The van der Waals surface area contributed by atoms with Crippen molar-refractivity contribution in [2.24, 2.45) is 10.7 Å². The summed E-state index contributed by atoms with van der Waals surface area (Å²) in [4.78, 5) is 18.5. The minimum absolute atomic E-state index is 0. The summed E-state index contributed by atoms with van der Waals surface area (Å²) in [6.07, 6.45) is 0.861. The van der Waals surface area contributed by atoms with Crippen molar-refractivity contribution >= 4 is 41.5 Å². The van der Waals surface area contributed by atoms with E-state index in [-0.39, 0.29) is 42.4 Å². The third kappa shape index (κ3) is 5.28. The SMILES string of the molecule is COc1ccc(OC)c(NC(N)=NCC(=O)N2CCc3ccccc3C2)c1.I. The number of rotatable bonds is 5. The molecule has 8 heteroatoms. The molecule has 0 saturated heterocycles. The van der Waals surface area contributed by atoms with E-state index < -0.39 is 0 Å². The van der Waals surface area contributed by atoms with Crippen LogP contribution in [-0.4, -0.2) is 44.1 Å². The quantitative estimate of drug-likeness (QED) is 0.378. The summed E-state index contributed by atoms with van der Waals surface area (Å²) < 4.78 is 10.5. The van der Waals surface area contributed by atoms with Gasteiger partial charge in [-0.3, -0.25) is 4.79 Å². The average molecular weight is 496 g/mol. The molecule has 2 aromatic carbocycles. The molecular weight excluding hydrogens is 471 g/mol. The Morgan fingerprint density at radius 2 is 1.93 bits per heavy atom. The highest BCUT2D eigenvalue weighted by molar-refractivity contribution is 14.0. The lowest BCUT2D eigenvalue weighted by Crippen LogP contribution is -2.38. The molecule has 1 aliphatic rings. The standard InChI is InChI=1S/C20H24N4O3.HI/c1-26-16-7-8-18(27-2)17(11-16)23-20(21)22-12-19(25)24-10-9-14-5-3-4-6-15(14)13-24;/h3-8,11H,9-10,12-13H2,1-2H3,(H3,21,22,23);1H. The Balaban J connectivity index is 0.00000280. The number of guanidine groups is 1. The number of amides is 1. The lowest BCUT2D eigenvalue weighted by atomic mass is 10.00. The predicted molar refractivity (Wildman–Crippen MR) is 121 cm³/mol. The first-order valence-corrected chi connectivity index (χ1v) is 8.74. The second-order valence-corrected chi connectivity index (χ2v) is 6.23. The maximum absolute atomic E-state index is 12.5. The van der Waals surface area contributed by atoms with Crippen molar-refractivity contribution in [1.82, 2.24) is 4.90 Å².